The SMILES string of the molecule is COCc1ccc(CNC(=O)CCCN)cc1.Cl. The van der Waals surface area contributed by atoms with Gasteiger partial charge in [0.25, 0.3) is 0 Å². The summed E-state index contributed by atoms with van der Waals surface area (Å²) in [6, 6.07) is 8.00. The van der Waals surface area contributed by atoms with E-state index in [1.165, 1.54) is 0 Å². The zero-order valence-corrected chi connectivity index (χ0v) is 11.5. The van der Waals surface area contributed by atoms with Gasteiger partial charge in [-0.05, 0) is 24.1 Å². The molecule has 1 rings (SSSR count). The minimum Gasteiger partial charge on any atom is -0.380 e. The average molecular weight is 273 g/mol. The lowest BCUT2D eigenvalue weighted by atomic mass is 10.1. The fraction of sp³-hybridized carbons (Fsp3) is 0.462. The highest BCUT2D eigenvalue weighted by Crippen LogP contribution is 2.05. The quantitative estimate of drug-likeness (QED) is 0.793. The van der Waals surface area contributed by atoms with Crippen molar-refractivity contribution in [2.45, 2.75) is 26.0 Å². The van der Waals surface area contributed by atoms with Crippen LogP contribution in [-0.4, -0.2) is 19.6 Å². The van der Waals surface area contributed by atoms with Crippen molar-refractivity contribution in [3.63, 3.8) is 0 Å². The van der Waals surface area contributed by atoms with Gasteiger partial charge in [-0.1, -0.05) is 24.3 Å². The highest BCUT2D eigenvalue weighted by atomic mass is 35.5. The lowest BCUT2D eigenvalue weighted by Gasteiger charge is -2.06. The van der Waals surface area contributed by atoms with Crippen LogP contribution in [0.2, 0.25) is 0 Å². The van der Waals surface area contributed by atoms with Gasteiger partial charge in [-0.15, -0.1) is 12.4 Å². The van der Waals surface area contributed by atoms with Crippen LogP contribution < -0.4 is 11.1 Å². The molecule has 0 saturated carbocycles. The number of nitrogens with one attached hydrogen (secondary N) is 1. The second-order valence-corrected chi connectivity index (χ2v) is 3.92. The molecule has 0 saturated heterocycles. The van der Waals surface area contributed by atoms with Crippen LogP contribution in [0.5, 0.6) is 0 Å². The van der Waals surface area contributed by atoms with Crippen molar-refractivity contribution in [3.8, 4) is 0 Å². The van der Waals surface area contributed by atoms with Crippen molar-refractivity contribution < 1.29 is 9.53 Å². The molecule has 4 nitrogen and oxygen atoms in total. The van der Waals surface area contributed by atoms with Gasteiger partial charge in [0.1, 0.15) is 0 Å². The van der Waals surface area contributed by atoms with E-state index in [4.69, 9.17) is 10.5 Å². The van der Waals surface area contributed by atoms with Gasteiger partial charge in [0.15, 0.2) is 0 Å². The number of carbonyl (C=O) groups excluding carboxylic acids is 1. The van der Waals surface area contributed by atoms with Crippen molar-refractivity contribution in [1.82, 2.24) is 5.32 Å². The molecular formula is C13H21ClN2O2. The first-order valence-electron chi connectivity index (χ1n) is 5.79. The molecule has 0 fully saturated rings. The molecule has 0 spiro atoms. The van der Waals surface area contributed by atoms with Crippen molar-refractivity contribution >= 4 is 18.3 Å². The molecule has 0 atom stereocenters. The first kappa shape index (κ1) is 16.9. The van der Waals surface area contributed by atoms with E-state index in [-0.39, 0.29) is 18.3 Å². The molecule has 3 N–H and O–H groups in total. The number of carbonyl (C=O) groups is 1. The monoisotopic (exact) mass is 272 g/mol. The molecule has 102 valence electrons. The molecule has 18 heavy (non-hydrogen) atoms. The summed E-state index contributed by atoms with van der Waals surface area (Å²) in [6.45, 7) is 1.74. The second-order valence-electron chi connectivity index (χ2n) is 3.92. The minimum atomic E-state index is 0. The summed E-state index contributed by atoms with van der Waals surface area (Å²) in [5.41, 5.74) is 7.56. The Kier molecular flexibility index (Phi) is 9.28. The van der Waals surface area contributed by atoms with Crippen LogP contribution in [0.15, 0.2) is 24.3 Å². The Bertz CT molecular complexity index is 341. The minimum absolute atomic E-state index is 0. The maximum absolute atomic E-state index is 11.4. The number of hydrogen-bond acceptors (Lipinski definition) is 3. The third kappa shape index (κ3) is 6.59. The Morgan fingerprint density at radius 2 is 1.89 bits per heavy atom. The van der Waals surface area contributed by atoms with E-state index in [0.29, 0.717) is 26.1 Å². The number of benzene rings is 1. The number of methoxy groups -OCH3 is 1. The second kappa shape index (κ2) is 9.88. The molecule has 1 aromatic carbocycles. The molecule has 1 aromatic rings. The Morgan fingerprint density at radius 3 is 2.44 bits per heavy atom. The van der Waals surface area contributed by atoms with Gasteiger partial charge in [-0.3, -0.25) is 4.79 Å². The molecule has 5 heteroatoms. The van der Waals surface area contributed by atoms with Crippen LogP contribution >= 0.6 is 12.4 Å². The number of ether oxygens (including phenoxy) is 1. The van der Waals surface area contributed by atoms with Gasteiger partial charge < -0.3 is 15.8 Å². The molecule has 0 aliphatic rings. The maximum atomic E-state index is 11.4. The van der Waals surface area contributed by atoms with Gasteiger partial charge in [0.05, 0.1) is 6.61 Å². The maximum Gasteiger partial charge on any atom is 0.220 e. The van der Waals surface area contributed by atoms with Crippen LogP contribution in [0.25, 0.3) is 0 Å². The fourth-order valence-electron chi connectivity index (χ4n) is 1.47. The first-order chi connectivity index (χ1) is 8.26. The van der Waals surface area contributed by atoms with E-state index in [2.05, 4.69) is 5.32 Å². The molecule has 0 aromatic heterocycles. The fourth-order valence-corrected chi connectivity index (χ4v) is 1.47. The van der Waals surface area contributed by atoms with E-state index < -0.39 is 0 Å². The zero-order valence-electron chi connectivity index (χ0n) is 10.6. The summed E-state index contributed by atoms with van der Waals surface area (Å²) in [6.07, 6.45) is 1.23. The number of rotatable bonds is 7. The van der Waals surface area contributed by atoms with Gasteiger partial charge in [0, 0.05) is 20.1 Å². The normalized spacial score (nSPS) is 9.67. The first-order valence-corrected chi connectivity index (χ1v) is 5.79. The Labute approximate surface area is 114 Å². The molecule has 0 radical (unpaired) electrons. The van der Waals surface area contributed by atoms with Gasteiger partial charge in [0.2, 0.25) is 5.91 Å². The molecule has 0 heterocycles. The topological polar surface area (TPSA) is 64.3 Å². The number of hydrogen-bond donors (Lipinski definition) is 2. The predicted octanol–water partition coefficient (Wildman–Crippen LogP) is 1.61. The van der Waals surface area contributed by atoms with Crippen LogP contribution in [0, 0.1) is 0 Å². The van der Waals surface area contributed by atoms with E-state index in [0.717, 1.165) is 17.5 Å². The summed E-state index contributed by atoms with van der Waals surface area (Å²) >= 11 is 0. The Hall–Kier alpha value is -1.10. The number of amides is 1. The standard InChI is InChI=1S/C13H20N2O2.ClH/c1-17-10-12-6-4-11(5-7-12)9-15-13(16)3-2-8-14;/h4-7H,2-3,8-10,14H2,1H3,(H,15,16);1H. The van der Waals surface area contributed by atoms with E-state index >= 15 is 0 Å². The van der Waals surface area contributed by atoms with Crippen LogP contribution in [0.3, 0.4) is 0 Å². The highest BCUT2D eigenvalue weighted by Gasteiger charge is 2.00. The van der Waals surface area contributed by atoms with Crippen molar-refractivity contribution in [1.29, 1.82) is 0 Å². The average Bonchev–Trinajstić information content (AvgIpc) is 2.36. The summed E-state index contributed by atoms with van der Waals surface area (Å²) in [4.78, 5) is 11.4. The molecule has 0 aliphatic carbocycles. The Morgan fingerprint density at radius 1 is 1.28 bits per heavy atom. The molecule has 0 aliphatic heterocycles. The number of halogens is 1. The number of nitrogens with two attached hydrogens (primary N) is 1. The van der Waals surface area contributed by atoms with Gasteiger partial charge >= 0.3 is 0 Å². The van der Waals surface area contributed by atoms with E-state index in [1.807, 2.05) is 24.3 Å². The highest BCUT2D eigenvalue weighted by molar-refractivity contribution is 5.85. The third-order valence-electron chi connectivity index (χ3n) is 2.43. The summed E-state index contributed by atoms with van der Waals surface area (Å²) in [7, 11) is 1.67. The smallest absolute Gasteiger partial charge is 0.220 e. The third-order valence-corrected chi connectivity index (χ3v) is 2.43. The molecule has 0 bridgehead atoms. The Balaban J connectivity index is 0.00000289. The van der Waals surface area contributed by atoms with Crippen LogP contribution in [0.4, 0.5) is 0 Å². The van der Waals surface area contributed by atoms with E-state index in [1.54, 1.807) is 7.11 Å². The largest absolute Gasteiger partial charge is 0.380 e. The summed E-state index contributed by atoms with van der Waals surface area (Å²) < 4.78 is 5.03. The van der Waals surface area contributed by atoms with Crippen molar-refractivity contribution in [2.75, 3.05) is 13.7 Å². The molecule has 0 unspecified atom stereocenters. The summed E-state index contributed by atoms with van der Waals surface area (Å²) in [5, 5.41) is 2.86. The van der Waals surface area contributed by atoms with Crippen molar-refractivity contribution in [3.05, 3.63) is 35.4 Å². The predicted molar refractivity (Wildman–Crippen MR) is 74.5 cm³/mol. The lowest BCUT2D eigenvalue weighted by molar-refractivity contribution is -0.121. The van der Waals surface area contributed by atoms with Crippen LogP contribution in [0.1, 0.15) is 24.0 Å². The van der Waals surface area contributed by atoms with Gasteiger partial charge in [-0.25, -0.2) is 0 Å². The zero-order chi connectivity index (χ0) is 12.5. The molecular weight excluding hydrogens is 252 g/mol. The van der Waals surface area contributed by atoms with Gasteiger partial charge in [-0.2, -0.15) is 0 Å². The van der Waals surface area contributed by atoms with Crippen molar-refractivity contribution in [2.24, 2.45) is 5.73 Å². The molecule has 1 amide bonds. The lowest BCUT2D eigenvalue weighted by Crippen LogP contribution is -2.23. The van der Waals surface area contributed by atoms with E-state index in [9.17, 15) is 4.79 Å². The summed E-state index contributed by atoms with van der Waals surface area (Å²) in [5.74, 6) is 0.0522. The van der Waals surface area contributed by atoms with Crippen LogP contribution in [-0.2, 0) is 22.7 Å².